The third kappa shape index (κ3) is 4.08. The summed E-state index contributed by atoms with van der Waals surface area (Å²) >= 11 is 0. The smallest absolute Gasteiger partial charge is 0.281 e. The van der Waals surface area contributed by atoms with Gasteiger partial charge in [-0.1, -0.05) is 56.3 Å². The number of benzene rings is 2. The lowest BCUT2D eigenvalue weighted by molar-refractivity contribution is -0.915. The van der Waals surface area contributed by atoms with Crippen LogP contribution >= 0.6 is 0 Å². The van der Waals surface area contributed by atoms with E-state index in [2.05, 4.69) is 41.7 Å². The molecule has 4 fully saturated rings. The third-order valence-electron chi connectivity index (χ3n) is 11.4. The second kappa shape index (κ2) is 10.1. The number of likely N-dealkylation sites (tertiary alicyclic amines) is 1. The maximum Gasteiger partial charge on any atom is 0.281 e. The van der Waals surface area contributed by atoms with Gasteiger partial charge in [-0.15, -0.1) is 0 Å². The van der Waals surface area contributed by atoms with Gasteiger partial charge in [0.2, 0.25) is 17.5 Å². The van der Waals surface area contributed by atoms with Crippen LogP contribution in [-0.4, -0.2) is 87.5 Å². The molecule has 0 radical (unpaired) electrons. The molecule has 5 aliphatic rings. The summed E-state index contributed by atoms with van der Waals surface area (Å²) in [4.78, 5) is 50.5. The summed E-state index contributed by atoms with van der Waals surface area (Å²) in [6.45, 7) is 4.78. The van der Waals surface area contributed by atoms with E-state index in [1.165, 1.54) is 26.3 Å². The fourth-order valence-corrected chi connectivity index (χ4v) is 9.15. The average molecular weight is 613 g/mol. The fourth-order valence-electron chi connectivity index (χ4n) is 9.15. The highest BCUT2D eigenvalue weighted by molar-refractivity contribution is 5.98. The molecule has 236 valence electrons. The van der Waals surface area contributed by atoms with Crippen molar-refractivity contribution < 1.29 is 29.1 Å². The SMILES string of the molecule is CC(C)[C@@]1(NC(=O)[C@@H]2C[C@@H]3c4cccc5[nH]cc(c45)C[C@@H]3[NH+](C)C2)O[C@@]2(O)[C@H]3CCCN3C(=O)[C@H](Cc3ccccc3)N2C1=O. The molecule has 10 nitrogen and oxygen atoms in total. The second-order valence-corrected chi connectivity index (χ2v) is 14.2. The van der Waals surface area contributed by atoms with Crippen molar-refractivity contribution in [3.8, 4) is 0 Å². The van der Waals surface area contributed by atoms with Crippen LogP contribution in [0, 0.1) is 11.8 Å². The van der Waals surface area contributed by atoms with Crippen molar-refractivity contribution in [3.63, 3.8) is 0 Å². The van der Waals surface area contributed by atoms with E-state index >= 15 is 0 Å². The highest BCUT2D eigenvalue weighted by atomic mass is 16.7. The number of amides is 3. The number of fused-ring (bicyclic) bond motifs is 5. The summed E-state index contributed by atoms with van der Waals surface area (Å²) in [6, 6.07) is 14.6. The van der Waals surface area contributed by atoms with Gasteiger partial charge in [-0.2, -0.15) is 0 Å². The monoisotopic (exact) mass is 612 g/mol. The van der Waals surface area contributed by atoms with E-state index in [1.54, 1.807) is 4.90 Å². The Labute approximate surface area is 262 Å². The molecule has 3 amide bonds. The topological polar surface area (TPSA) is 119 Å². The Bertz CT molecular complexity index is 1690. The Morgan fingerprint density at radius 3 is 2.76 bits per heavy atom. The van der Waals surface area contributed by atoms with Crippen LogP contribution in [0.1, 0.15) is 55.7 Å². The number of piperazine rings is 1. The van der Waals surface area contributed by atoms with Gasteiger partial charge >= 0.3 is 0 Å². The fraction of sp³-hybridized carbons (Fsp3) is 0.514. The van der Waals surface area contributed by atoms with E-state index < -0.39 is 35.5 Å². The lowest BCUT2D eigenvalue weighted by atomic mass is 9.72. The van der Waals surface area contributed by atoms with Crippen molar-refractivity contribution >= 4 is 28.6 Å². The first-order chi connectivity index (χ1) is 21.6. The Kier molecular flexibility index (Phi) is 6.47. The van der Waals surface area contributed by atoms with Gasteiger partial charge < -0.3 is 25.2 Å². The first-order valence-electron chi connectivity index (χ1n) is 16.5. The molecule has 4 saturated heterocycles. The molecule has 1 aliphatic carbocycles. The number of carbonyl (C=O) groups excluding carboxylic acids is 3. The van der Waals surface area contributed by atoms with Crippen LogP contribution in [0.5, 0.6) is 0 Å². The van der Waals surface area contributed by atoms with Gasteiger partial charge in [0.05, 0.1) is 25.6 Å². The van der Waals surface area contributed by atoms with E-state index in [0.29, 0.717) is 38.4 Å². The summed E-state index contributed by atoms with van der Waals surface area (Å²) in [5, 5.41) is 16.6. The number of piperidine rings is 1. The second-order valence-electron chi connectivity index (χ2n) is 14.2. The van der Waals surface area contributed by atoms with Crippen LogP contribution in [0.25, 0.3) is 10.9 Å². The molecule has 5 heterocycles. The van der Waals surface area contributed by atoms with E-state index in [0.717, 1.165) is 17.5 Å². The number of nitrogens with one attached hydrogen (secondary N) is 3. The summed E-state index contributed by atoms with van der Waals surface area (Å²) in [5.74, 6) is -3.69. The number of aliphatic hydroxyl groups is 1. The number of hydrogen-bond donors (Lipinski definition) is 4. The van der Waals surface area contributed by atoms with Crippen molar-refractivity contribution in [2.45, 2.75) is 81.6 Å². The molecule has 2 aromatic carbocycles. The van der Waals surface area contributed by atoms with Gasteiger partial charge in [-0.05, 0) is 42.0 Å². The van der Waals surface area contributed by atoms with Crippen molar-refractivity contribution in [3.05, 3.63) is 71.4 Å². The zero-order valence-electron chi connectivity index (χ0n) is 26.1. The number of aromatic amines is 1. The Hall–Kier alpha value is -3.73. The molecule has 10 heteroatoms. The molecule has 4 aliphatic heterocycles. The van der Waals surface area contributed by atoms with Gasteiger partial charge in [-0.3, -0.25) is 24.0 Å². The lowest BCUT2D eigenvalue weighted by Gasteiger charge is -2.48. The molecule has 1 unspecified atom stereocenters. The molecular weight excluding hydrogens is 570 g/mol. The summed E-state index contributed by atoms with van der Waals surface area (Å²) < 4.78 is 6.52. The van der Waals surface area contributed by atoms with Gasteiger partial charge in [0.1, 0.15) is 12.1 Å². The first kappa shape index (κ1) is 28.7. The number of hydrogen-bond acceptors (Lipinski definition) is 5. The largest absolute Gasteiger partial charge is 0.361 e. The number of quaternary nitrogens is 1. The van der Waals surface area contributed by atoms with Gasteiger partial charge in [0.25, 0.3) is 11.8 Å². The molecule has 1 aromatic heterocycles. The minimum Gasteiger partial charge on any atom is -0.361 e. The van der Waals surface area contributed by atoms with Crippen LogP contribution in [0.4, 0.5) is 0 Å². The number of aromatic nitrogens is 1. The number of H-pyrrole nitrogens is 1. The minimum atomic E-state index is -2.04. The maximum atomic E-state index is 14.6. The summed E-state index contributed by atoms with van der Waals surface area (Å²) in [6.07, 6.45) is 5.20. The Balaban J connectivity index is 1.12. The predicted molar refractivity (Wildman–Crippen MR) is 166 cm³/mol. The maximum absolute atomic E-state index is 14.6. The Morgan fingerprint density at radius 1 is 1.18 bits per heavy atom. The lowest BCUT2D eigenvalue weighted by Crippen LogP contribution is -3.16. The predicted octanol–water partition coefficient (Wildman–Crippen LogP) is 1.30. The summed E-state index contributed by atoms with van der Waals surface area (Å²) in [5.41, 5.74) is 2.81. The first-order valence-corrected chi connectivity index (χ1v) is 16.5. The number of likely N-dealkylation sites (N-methyl/N-ethyl adjacent to an activating group) is 1. The van der Waals surface area contributed by atoms with E-state index in [9.17, 15) is 19.5 Å². The van der Waals surface area contributed by atoms with E-state index in [-0.39, 0.29) is 30.1 Å². The van der Waals surface area contributed by atoms with Crippen molar-refractivity contribution in [1.29, 1.82) is 0 Å². The molecular formula is C35H42N5O5+. The number of rotatable bonds is 5. The minimum absolute atomic E-state index is 0.187. The molecule has 0 spiro atoms. The summed E-state index contributed by atoms with van der Waals surface area (Å²) in [7, 11) is 2.15. The van der Waals surface area contributed by atoms with Gasteiger partial charge in [0, 0.05) is 48.3 Å². The molecule has 3 aromatic rings. The van der Waals surface area contributed by atoms with Crippen LogP contribution in [-0.2, 0) is 32.0 Å². The average Bonchev–Trinajstić information content (AvgIpc) is 3.74. The highest BCUT2D eigenvalue weighted by Gasteiger charge is 2.72. The molecule has 0 bridgehead atoms. The normalized spacial score (nSPS) is 35.5. The van der Waals surface area contributed by atoms with Gasteiger partial charge in [0.15, 0.2) is 0 Å². The molecule has 0 saturated carbocycles. The van der Waals surface area contributed by atoms with Crippen molar-refractivity contribution in [2.75, 3.05) is 20.1 Å². The van der Waals surface area contributed by atoms with Crippen molar-refractivity contribution in [2.24, 2.45) is 11.8 Å². The van der Waals surface area contributed by atoms with Crippen LogP contribution in [0.2, 0.25) is 0 Å². The molecule has 8 rings (SSSR count). The van der Waals surface area contributed by atoms with Crippen LogP contribution in [0.3, 0.4) is 0 Å². The van der Waals surface area contributed by atoms with E-state index in [4.69, 9.17) is 4.74 Å². The van der Waals surface area contributed by atoms with Crippen LogP contribution < -0.4 is 10.2 Å². The standard InChI is InChI=1S/C35H41N5O5/c1-20(2)34(37-31(41)23-16-25-24-11-7-12-26-30(24)22(18-36-26)17-27(25)38(3)19-23)33(43)40-28(15-21-9-5-4-6-10-21)32(42)39-14-8-13-29(39)35(40,44)45-34/h4-7,9-12,18,20,23,25,27-29,36,44H,8,13-17,19H2,1-3H3,(H,37,41)/p+1/t23-,25-,27+,28+,29-,34-,35+/m1/s1. The zero-order valence-corrected chi connectivity index (χ0v) is 26.1. The van der Waals surface area contributed by atoms with Crippen LogP contribution in [0.15, 0.2) is 54.7 Å². The Morgan fingerprint density at radius 2 is 1.98 bits per heavy atom. The molecule has 4 N–H and O–H groups in total. The molecule has 8 atom stereocenters. The van der Waals surface area contributed by atoms with Gasteiger partial charge in [-0.25, -0.2) is 0 Å². The highest BCUT2D eigenvalue weighted by Crippen LogP contribution is 2.48. The number of nitrogens with zero attached hydrogens (tertiary/aromatic N) is 2. The third-order valence-corrected chi connectivity index (χ3v) is 11.4. The quantitative estimate of drug-likeness (QED) is 0.347. The van der Waals surface area contributed by atoms with E-state index in [1.807, 2.05) is 44.2 Å². The number of ether oxygens (including phenoxy) is 1. The zero-order chi connectivity index (χ0) is 31.2. The molecule has 45 heavy (non-hydrogen) atoms. The van der Waals surface area contributed by atoms with Crippen molar-refractivity contribution in [1.82, 2.24) is 20.1 Å². The number of carbonyl (C=O) groups is 3.